The summed E-state index contributed by atoms with van der Waals surface area (Å²) in [5.74, 6) is -1.85. The Morgan fingerprint density at radius 1 is 1.11 bits per heavy atom. The maximum Gasteiger partial charge on any atom is 0.252 e. The number of fused-ring (bicyclic) bond motifs is 1. The van der Waals surface area contributed by atoms with Crippen molar-refractivity contribution in [1.29, 1.82) is 0 Å². The van der Waals surface area contributed by atoms with Crippen LogP contribution in [0.25, 0.3) is 22.3 Å². The molecule has 0 saturated carbocycles. The highest BCUT2D eigenvalue weighted by Crippen LogP contribution is 2.27. The highest BCUT2D eigenvalue weighted by Gasteiger charge is 2.20. The van der Waals surface area contributed by atoms with Crippen LogP contribution in [0.2, 0.25) is 0 Å². The van der Waals surface area contributed by atoms with Gasteiger partial charge in [0.05, 0.1) is 22.8 Å². The van der Waals surface area contributed by atoms with Gasteiger partial charge in [-0.2, -0.15) is 5.10 Å². The summed E-state index contributed by atoms with van der Waals surface area (Å²) in [7, 11) is 2.11. The lowest BCUT2D eigenvalue weighted by Gasteiger charge is -2.17. The lowest BCUT2D eigenvalue weighted by Crippen LogP contribution is -2.24. The quantitative estimate of drug-likeness (QED) is 0.282. The summed E-state index contributed by atoms with van der Waals surface area (Å²) in [6.07, 6.45) is 3.90. The fourth-order valence-corrected chi connectivity index (χ4v) is 4.34. The number of benzene rings is 2. The Morgan fingerprint density at radius 3 is 2.54 bits per heavy atom. The van der Waals surface area contributed by atoms with Gasteiger partial charge in [0.25, 0.3) is 5.91 Å². The highest BCUT2D eigenvalue weighted by molar-refractivity contribution is 6.06. The van der Waals surface area contributed by atoms with Crippen molar-refractivity contribution in [2.75, 3.05) is 13.6 Å². The van der Waals surface area contributed by atoms with E-state index in [0.717, 1.165) is 37.1 Å². The summed E-state index contributed by atoms with van der Waals surface area (Å²) in [5.41, 5.74) is 3.43. The Bertz CT molecular complexity index is 1380. The molecule has 0 spiro atoms. The zero-order valence-electron chi connectivity index (χ0n) is 21.8. The molecule has 194 valence electrons. The third-order valence-corrected chi connectivity index (χ3v) is 6.36. The number of unbranched alkanes of at least 4 members (excludes halogenated alkanes) is 1. The minimum absolute atomic E-state index is 0.0298. The Hall–Kier alpha value is -3.65. The SMILES string of the molecule is CCCCN(C)Cc1cccc(-c2cc(C(=O)NCc3c(F)cccc3F)c3cnn(C(C)C)c3n2)c1. The van der Waals surface area contributed by atoms with Crippen molar-refractivity contribution < 1.29 is 13.6 Å². The first kappa shape index (κ1) is 26.4. The number of amides is 1. The number of nitrogens with zero attached hydrogens (tertiary/aromatic N) is 4. The molecular weight excluding hydrogens is 472 g/mol. The van der Waals surface area contributed by atoms with Crippen molar-refractivity contribution in [3.8, 4) is 11.3 Å². The van der Waals surface area contributed by atoms with E-state index in [1.165, 1.54) is 18.2 Å². The smallest absolute Gasteiger partial charge is 0.252 e. The zero-order valence-corrected chi connectivity index (χ0v) is 21.8. The van der Waals surface area contributed by atoms with Gasteiger partial charge in [-0.1, -0.05) is 37.6 Å². The molecule has 37 heavy (non-hydrogen) atoms. The molecule has 0 bridgehead atoms. The number of hydrogen-bond acceptors (Lipinski definition) is 4. The fraction of sp³-hybridized carbons (Fsp3) is 0.345. The van der Waals surface area contributed by atoms with E-state index in [2.05, 4.69) is 41.4 Å². The molecule has 0 aliphatic rings. The Morgan fingerprint density at radius 2 is 1.84 bits per heavy atom. The molecule has 8 heteroatoms. The van der Waals surface area contributed by atoms with Crippen molar-refractivity contribution in [2.24, 2.45) is 0 Å². The van der Waals surface area contributed by atoms with Gasteiger partial charge < -0.3 is 10.2 Å². The number of nitrogens with one attached hydrogen (secondary N) is 1. The van der Waals surface area contributed by atoms with Crippen molar-refractivity contribution in [2.45, 2.75) is 52.7 Å². The molecule has 0 saturated heterocycles. The van der Waals surface area contributed by atoms with Crippen LogP contribution in [0.1, 0.15) is 61.1 Å². The van der Waals surface area contributed by atoms with Gasteiger partial charge >= 0.3 is 0 Å². The van der Waals surface area contributed by atoms with Crippen molar-refractivity contribution in [3.63, 3.8) is 0 Å². The molecule has 4 aromatic rings. The molecule has 1 N–H and O–H groups in total. The fourth-order valence-electron chi connectivity index (χ4n) is 4.34. The second-order valence-corrected chi connectivity index (χ2v) is 9.65. The minimum Gasteiger partial charge on any atom is -0.348 e. The van der Waals surface area contributed by atoms with Gasteiger partial charge in [0.1, 0.15) is 11.6 Å². The van der Waals surface area contributed by atoms with Crippen LogP contribution in [-0.4, -0.2) is 39.2 Å². The van der Waals surface area contributed by atoms with Crippen molar-refractivity contribution >= 4 is 16.9 Å². The Balaban J connectivity index is 1.70. The predicted octanol–water partition coefficient (Wildman–Crippen LogP) is 6.12. The highest BCUT2D eigenvalue weighted by atomic mass is 19.1. The number of pyridine rings is 1. The third kappa shape index (κ3) is 6.02. The molecule has 6 nitrogen and oxygen atoms in total. The second-order valence-electron chi connectivity index (χ2n) is 9.65. The molecule has 0 fully saturated rings. The number of hydrogen-bond donors (Lipinski definition) is 1. The number of carbonyl (C=O) groups excluding carboxylic acids is 1. The summed E-state index contributed by atoms with van der Waals surface area (Å²) in [6.45, 7) is 7.72. The lowest BCUT2D eigenvalue weighted by atomic mass is 10.0. The molecule has 1 amide bonds. The average Bonchev–Trinajstić information content (AvgIpc) is 3.31. The van der Waals surface area contributed by atoms with Crippen LogP contribution in [0.3, 0.4) is 0 Å². The monoisotopic (exact) mass is 505 g/mol. The van der Waals surface area contributed by atoms with Crippen molar-refractivity contribution in [1.82, 2.24) is 25.0 Å². The number of carbonyl (C=O) groups is 1. The van der Waals surface area contributed by atoms with Crippen LogP contribution in [0.15, 0.2) is 54.7 Å². The summed E-state index contributed by atoms with van der Waals surface area (Å²) in [4.78, 5) is 20.5. The van der Waals surface area contributed by atoms with E-state index in [-0.39, 0.29) is 18.2 Å². The summed E-state index contributed by atoms with van der Waals surface area (Å²) >= 11 is 0. The predicted molar refractivity (Wildman–Crippen MR) is 142 cm³/mol. The summed E-state index contributed by atoms with van der Waals surface area (Å²) < 4.78 is 30.0. The molecule has 0 radical (unpaired) electrons. The Labute approximate surface area is 216 Å². The second kappa shape index (κ2) is 11.6. The number of rotatable bonds is 10. The van der Waals surface area contributed by atoms with Crippen LogP contribution in [0.4, 0.5) is 8.78 Å². The number of halogens is 2. The number of aromatic nitrogens is 3. The van der Waals surface area contributed by atoms with Crippen LogP contribution in [-0.2, 0) is 13.1 Å². The molecule has 0 aliphatic heterocycles. The molecule has 2 aromatic heterocycles. The molecule has 2 heterocycles. The third-order valence-electron chi connectivity index (χ3n) is 6.36. The van der Waals surface area contributed by atoms with E-state index >= 15 is 0 Å². The van der Waals surface area contributed by atoms with E-state index in [1.54, 1.807) is 16.9 Å². The topological polar surface area (TPSA) is 63.1 Å². The first-order valence-corrected chi connectivity index (χ1v) is 12.7. The van der Waals surface area contributed by atoms with E-state index in [9.17, 15) is 13.6 Å². The van der Waals surface area contributed by atoms with Gasteiger partial charge in [-0.05, 0) is 63.7 Å². The molecule has 4 rings (SSSR count). The largest absolute Gasteiger partial charge is 0.348 e. The van der Waals surface area contributed by atoms with E-state index in [1.807, 2.05) is 26.0 Å². The Kier molecular flexibility index (Phi) is 8.28. The molecule has 2 aromatic carbocycles. The van der Waals surface area contributed by atoms with Crippen molar-refractivity contribution in [3.05, 3.63) is 83.1 Å². The first-order valence-electron chi connectivity index (χ1n) is 12.7. The molecule has 0 aliphatic carbocycles. The molecule has 0 atom stereocenters. The lowest BCUT2D eigenvalue weighted by molar-refractivity contribution is 0.0952. The standard InChI is InChI=1S/C29H33F2N5O/c1-5-6-13-35(4)18-20-9-7-10-21(14-20)27-15-22(23-17-33-36(19(2)3)28(23)34-27)29(37)32-16-24-25(30)11-8-12-26(24)31/h7-12,14-15,17,19H,5-6,13,16,18H2,1-4H3,(H,32,37). The van der Waals surface area contributed by atoms with Crippen LogP contribution in [0.5, 0.6) is 0 Å². The van der Waals surface area contributed by atoms with Crippen LogP contribution in [0, 0.1) is 11.6 Å². The summed E-state index contributed by atoms with van der Waals surface area (Å²) in [6, 6.07) is 13.5. The van der Waals surface area contributed by atoms with Gasteiger partial charge in [-0.3, -0.25) is 4.79 Å². The normalized spacial score (nSPS) is 11.6. The average molecular weight is 506 g/mol. The van der Waals surface area contributed by atoms with Gasteiger partial charge in [0.15, 0.2) is 5.65 Å². The van der Waals surface area contributed by atoms with Gasteiger partial charge in [-0.15, -0.1) is 0 Å². The van der Waals surface area contributed by atoms with Crippen LogP contribution >= 0.6 is 0 Å². The zero-order chi connectivity index (χ0) is 26.5. The minimum atomic E-state index is -0.700. The van der Waals surface area contributed by atoms with Gasteiger partial charge in [0.2, 0.25) is 0 Å². The molecular formula is C29H33F2N5O. The first-order chi connectivity index (χ1) is 17.8. The van der Waals surface area contributed by atoms with E-state index in [0.29, 0.717) is 22.3 Å². The summed E-state index contributed by atoms with van der Waals surface area (Å²) in [5, 5.41) is 7.71. The maximum absolute atomic E-state index is 14.1. The molecule has 0 unspecified atom stereocenters. The maximum atomic E-state index is 14.1. The van der Waals surface area contributed by atoms with E-state index in [4.69, 9.17) is 4.98 Å². The van der Waals surface area contributed by atoms with Gasteiger partial charge in [0, 0.05) is 30.3 Å². The van der Waals surface area contributed by atoms with E-state index < -0.39 is 17.5 Å². The van der Waals surface area contributed by atoms with Crippen LogP contribution < -0.4 is 5.32 Å². The van der Waals surface area contributed by atoms with Gasteiger partial charge in [-0.25, -0.2) is 18.4 Å².